The fourth-order valence-electron chi connectivity index (χ4n) is 1.32. The molecule has 0 heterocycles. The Morgan fingerprint density at radius 1 is 1.27 bits per heavy atom. The third kappa shape index (κ3) is 4.29. The Morgan fingerprint density at radius 2 is 1.87 bits per heavy atom. The summed E-state index contributed by atoms with van der Waals surface area (Å²) in [7, 11) is 0. The first-order valence-corrected chi connectivity index (χ1v) is 5.74. The van der Waals surface area contributed by atoms with Gasteiger partial charge >= 0.3 is 0 Å². The average Bonchev–Trinajstić information content (AvgIpc) is 2.15. The SMILES string of the molecule is CCC(CCN)Oc1cc(Cl)cc(Cl)c1. The molecule has 1 unspecified atom stereocenters. The average molecular weight is 248 g/mol. The molecule has 2 N–H and O–H groups in total. The zero-order valence-corrected chi connectivity index (χ0v) is 10.2. The first kappa shape index (κ1) is 12.6. The summed E-state index contributed by atoms with van der Waals surface area (Å²) in [5.74, 6) is 0.702. The van der Waals surface area contributed by atoms with Crippen molar-refractivity contribution in [3.63, 3.8) is 0 Å². The highest BCUT2D eigenvalue weighted by molar-refractivity contribution is 6.34. The minimum atomic E-state index is 0.129. The van der Waals surface area contributed by atoms with Crippen molar-refractivity contribution >= 4 is 23.2 Å². The lowest BCUT2D eigenvalue weighted by Gasteiger charge is -2.17. The second-order valence-corrected chi connectivity index (χ2v) is 4.20. The molecule has 0 fully saturated rings. The van der Waals surface area contributed by atoms with Crippen LogP contribution in [0.25, 0.3) is 0 Å². The Morgan fingerprint density at radius 3 is 2.33 bits per heavy atom. The van der Waals surface area contributed by atoms with Gasteiger partial charge < -0.3 is 10.5 Å². The topological polar surface area (TPSA) is 35.2 Å². The van der Waals surface area contributed by atoms with Crippen molar-refractivity contribution in [1.29, 1.82) is 0 Å². The zero-order valence-electron chi connectivity index (χ0n) is 8.67. The Labute approximate surface area is 100 Å². The minimum absolute atomic E-state index is 0.129. The molecule has 1 atom stereocenters. The summed E-state index contributed by atoms with van der Waals surface area (Å²) in [4.78, 5) is 0. The maximum absolute atomic E-state index is 5.86. The molecular formula is C11H15Cl2NO. The van der Waals surface area contributed by atoms with Crippen molar-refractivity contribution in [1.82, 2.24) is 0 Å². The number of rotatable bonds is 5. The number of ether oxygens (including phenoxy) is 1. The van der Waals surface area contributed by atoms with E-state index >= 15 is 0 Å². The monoisotopic (exact) mass is 247 g/mol. The first-order chi connectivity index (χ1) is 7.15. The van der Waals surface area contributed by atoms with E-state index in [-0.39, 0.29) is 6.10 Å². The standard InChI is InChI=1S/C11H15Cl2NO/c1-2-10(3-4-14)15-11-6-8(12)5-9(13)7-11/h5-7,10H,2-4,14H2,1H3. The van der Waals surface area contributed by atoms with Gasteiger partial charge in [-0.1, -0.05) is 30.1 Å². The van der Waals surface area contributed by atoms with Gasteiger partial charge in [-0.3, -0.25) is 0 Å². The molecule has 1 aromatic rings. The predicted octanol–water partition coefficient (Wildman–Crippen LogP) is 3.50. The van der Waals surface area contributed by atoms with Gasteiger partial charge in [-0.25, -0.2) is 0 Å². The van der Waals surface area contributed by atoms with E-state index in [0.29, 0.717) is 22.3 Å². The maximum atomic E-state index is 5.86. The van der Waals surface area contributed by atoms with Gasteiger partial charge in [-0.2, -0.15) is 0 Å². The number of halogens is 2. The highest BCUT2D eigenvalue weighted by Gasteiger charge is 2.08. The number of nitrogens with two attached hydrogens (primary N) is 1. The molecule has 1 rings (SSSR count). The van der Waals surface area contributed by atoms with Crippen molar-refractivity contribution in [3.8, 4) is 5.75 Å². The molecule has 0 bridgehead atoms. The van der Waals surface area contributed by atoms with Gasteiger partial charge in [0.05, 0.1) is 6.10 Å². The molecular weight excluding hydrogens is 233 g/mol. The highest BCUT2D eigenvalue weighted by Crippen LogP contribution is 2.25. The molecule has 2 nitrogen and oxygen atoms in total. The quantitative estimate of drug-likeness (QED) is 0.865. The van der Waals surface area contributed by atoms with Gasteiger partial charge in [0.25, 0.3) is 0 Å². The Kier molecular flexibility index (Phi) is 5.23. The largest absolute Gasteiger partial charge is 0.490 e. The van der Waals surface area contributed by atoms with E-state index in [1.807, 2.05) is 0 Å². The lowest BCUT2D eigenvalue weighted by molar-refractivity contribution is 0.189. The van der Waals surface area contributed by atoms with Crippen LogP contribution in [0.1, 0.15) is 19.8 Å². The van der Waals surface area contributed by atoms with Crippen molar-refractivity contribution in [2.45, 2.75) is 25.9 Å². The summed E-state index contributed by atoms with van der Waals surface area (Å²) in [6.45, 7) is 2.68. The smallest absolute Gasteiger partial charge is 0.122 e. The van der Waals surface area contributed by atoms with Crippen LogP contribution in [0.5, 0.6) is 5.75 Å². The van der Waals surface area contributed by atoms with Crippen LogP contribution >= 0.6 is 23.2 Å². The van der Waals surface area contributed by atoms with E-state index in [4.69, 9.17) is 33.7 Å². The molecule has 0 aliphatic heterocycles. The van der Waals surface area contributed by atoms with E-state index < -0.39 is 0 Å². The molecule has 1 aromatic carbocycles. The van der Waals surface area contributed by atoms with Crippen LogP contribution in [0.2, 0.25) is 10.0 Å². The van der Waals surface area contributed by atoms with Crippen LogP contribution in [-0.4, -0.2) is 12.6 Å². The van der Waals surface area contributed by atoms with E-state index in [0.717, 1.165) is 12.8 Å². The normalized spacial score (nSPS) is 12.5. The van der Waals surface area contributed by atoms with E-state index in [9.17, 15) is 0 Å². The molecule has 0 aliphatic rings. The summed E-state index contributed by atoms with van der Waals surface area (Å²) in [6.07, 6.45) is 1.88. The lowest BCUT2D eigenvalue weighted by Crippen LogP contribution is -2.19. The first-order valence-electron chi connectivity index (χ1n) is 4.98. The lowest BCUT2D eigenvalue weighted by atomic mass is 10.2. The fraction of sp³-hybridized carbons (Fsp3) is 0.455. The molecule has 0 radical (unpaired) electrons. The molecule has 0 amide bonds. The van der Waals surface area contributed by atoms with E-state index in [1.165, 1.54) is 0 Å². The minimum Gasteiger partial charge on any atom is -0.490 e. The van der Waals surface area contributed by atoms with Crippen LogP contribution in [0.3, 0.4) is 0 Å². The third-order valence-corrected chi connectivity index (χ3v) is 2.52. The van der Waals surface area contributed by atoms with Crippen molar-refractivity contribution in [2.75, 3.05) is 6.54 Å². The number of benzene rings is 1. The van der Waals surface area contributed by atoms with Gasteiger partial charge in [0.1, 0.15) is 5.75 Å². The maximum Gasteiger partial charge on any atom is 0.122 e. The summed E-state index contributed by atoms with van der Waals surface area (Å²) in [5.41, 5.74) is 5.49. The van der Waals surface area contributed by atoms with Crippen molar-refractivity contribution in [3.05, 3.63) is 28.2 Å². The molecule has 15 heavy (non-hydrogen) atoms. The third-order valence-electron chi connectivity index (χ3n) is 2.08. The van der Waals surface area contributed by atoms with E-state index in [2.05, 4.69) is 6.92 Å². The van der Waals surface area contributed by atoms with Gasteiger partial charge in [-0.15, -0.1) is 0 Å². The Bertz CT molecular complexity index is 297. The molecule has 84 valence electrons. The number of hydrogen-bond donors (Lipinski definition) is 1. The molecule has 0 spiro atoms. The summed E-state index contributed by atoms with van der Waals surface area (Å²) in [6, 6.07) is 5.19. The summed E-state index contributed by atoms with van der Waals surface area (Å²) >= 11 is 11.7. The van der Waals surface area contributed by atoms with Gasteiger partial charge in [0.2, 0.25) is 0 Å². The predicted molar refractivity (Wildman–Crippen MR) is 64.8 cm³/mol. The molecule has 0 aliphatic carbocycles. The van der Waals surface area contributed by atoms with Gasteiger partial charge in [-0.05, 0) is 37.6 Å². The van der Waals surface area contributed by atoms with Gasteiger partial charge in [0.15, 0.2) is 0 Å². The van der Waals surface area contributed by atoms with Crippen LogP contribution in [0.15, 0.2) is 18.2 Å². The second kappa shape index (κ2) is 6.21. The molecule has 0 aromatic heterocycles. The Hall–Kier alpha value is -0.440. The molecule has 0 saturated carbocycles. The summed E-state index contributed by atoms with van der Waals surface area (Å²) in [5, 5.41) is 1.17. The van der Waals surface area contributed by atoms with Crippen LogP contribution in [-0.2, 0) is 0 Å². The zero-order chi connectivity index (χ0) is 11.3. The van der Waals surface area contributed by atoms with Crippen LogP contribution in [0.4, 0.5) is 0 Å². The van der Waals surface area contributed by atoms with Gasteiger partial charge in [0, 0.05) is 10.0 Å². The van der Waals surface area contributed by atoms with Crippen LogP contribution < -0.4 is 10.5 Å². The number of hydrogen-bond acceptors (Lipinski definition) is 2. The highest BCUT2D eigenvalue weighted by atomic mass is 35.5. The summed E-state index contributed by atoms with van der Waals surface area (Å²) < 4.78 is 5.72. The van der Waals surface area contributed by atoms with Crippen LogP contribution in [0, 0.1) is 0 Å². The van der Waals surface area contributed by atoms with E-state index in [1.54, 1.807) is 18.2 Å². The van der Waals surface area contributed by atoms with Crippen molar-refractivity contribution < 1.29 is 4.74 Å². The van der Waals surface area contributed by atoms with Crippen molar-refractivity contribution in [2.24, 2.45) is 5.73 Å². The molecule has 0 saturated heterocycles. The fourth-order valence-corrected chi connectivity index (χ4v) is 1.83. The second-order valence-electron chi connectivity index (χ2n) is 3.33. The molecule has 4 heteroatoms. The Balaban J connectivity index is 2.69.